The van der Waals surface area contributed by atoms with Gasteiger partial charge in [0.25, 0.3) is 0 Å². The van der Waals surface area contributed by atoms with Crippen LogP contribution in [-0.4, -0.2) is 35.9 Å². The fourth-order valence-corrected chi connectivity index (χ4v) is 5.42. The van der Waals surface area contributed by atoms with E-state index in [1.165, 1.54) is 22.1 Å². The van der Waals surface area contributed by atoms with Gasteiger partial charge in [0.15, 0.2) is 5.75 Å². The number of hydrogen-bond acceptors (Lipinski definition) is 7. The van der Waals surface area contributed by atoms with Gasteiger partial charge in [-0.05, 0) is 53.8 Å². The molecule has 196 valence electrons. The molecule has 0 atom stereocenters. The number of anilines is 1. The highest BCUT2D eigenvalue weighted by Crippen LogP contribution is 2.33. The minimum atomic E-state index is -0.571. The second-order valence-corrected chi connectivity index (χ2v) is 10.8. The van der Waals surface area contributed by atoms with E-state index in [0.717, 1.165) is 36.3 Å². The number of benzene rings is 3. The lowest BCUT2D eigenvalue weighted by Crippen LogP contribution is -2.25. The predicted octanol–water partition coefficient (Wildman–Crippen LogP) is 6.44. The Kier molecular flexibility index (Phi) is 7.65. The smallest absolute Gasteiger partial charge is 0.414 e. The summed E-state index contributed by atoms with van der Waals surface area (Å²) in [5.41, 5.74) is 5.96. The van der Waals surface area contributed by atoms with E-state index >= 15 is 0 Å². The summed E-state index contributed by atoms with van der Waals surface area (Å²) in [6, 6.07) is 19.7. The van der Waals surface area contributed by atoms with Crippen LogP contribution in [0.4, 0.5) is 10.5 Å². The first kappa shape index (κ1) is 26.2. The van der Waals surface area contributed by atoms with Gasteiger partial charge >= 0.3 is 11.7 Å². The van der Waals surface area contributed by atoms with Crippen LogP contribution in [0, 0.1) is 6.92 Å². The Balaban J connectivity index is 1.32. The summed E-state index contributed by atoms with van der Waals surface area (Å²) in [6.45, 7) is 3.75. The van der Waals surface area contributed by atoms with Gasteiger partial charge in [0, 0.05) is 68.4 Å². The number of rotatable bonds is 6. The number of nitrogens with zero attached hydrogens (tertiary/aromatic N) is 2. The van der Waals surface area contributed by atoms with Crippen molar-refractivity contribution in [3.05, 3.63) is 104 Å². The second kappa shape index (κ2) is 11.1. The maximum Gasteiger partial charge on any atom is 0.414 e. The summed E-state index contributed by atoms with van der Waals surface area (Å²) in [6.07, 6.45) is 0.876. The molecule has 0 bridgehead atoms. The average Bonchev–Trinajstić information content (AvgIpc) is 2.91. The third kappa shape index (κ3) is 5.67. The molecule has 0 aliphatic carbocycles. The molecule has 0 unspecified atom stereocenters. The summed E-state index contributed by atoms with van der Waals surface area (Å²) in [4.78, 5) is 26.2. The molecule has 0 saturated carbocycles. The lowest BCUT2D eigenvalue weighted by atomic mass is 9.99. The van der Waals surface area contributed by atoms with Crippen LogP contribution in [0.15, 0.2) is 69.9 Å². The molecule has 3 aromatic carbocycles. The van der Waals surface area contributed by atoms with E-state index in [0.29, 0.717) is 23.0 Å². The Morgan fingerprint density at radius 2 is 1.92 bits per heavy atom. The van der Waals surface area contributed by atoms with Gasteiger partial charge in [-0.15, -0.1) is 0 Å². The molecule has 5 rings (SSSR count). The monoisotopic (exact) mass is 549 g/mol. The van der Waals surface area contributed by atoms with Gasteiger partial charge in [-0.25, -0.2) is 13.9 Å². The summed E-state index contributed by atoms with van der Waals surface area (Å²) in [7, 11) is 3.15. The summed E-state index contributed by atoms with van der Waals surface area (Å²) in [5.74, 6) is 0.140. The van der Waals surface area contributed by atoms with Crippen LogP contribution in [0.3, 0.4) is 0 Å². The Hall–Kier alpha value is -3.46. The van der Waals surface area contributed by atoms with E-state index in [-0.39, 0.29) is 10.8 Å². The first-order valence-electron chi connectivity index (χ1n) is 12.3. The van der Waals surface area contributed by atoms with Crippen LogP contribution < -0.4 is 15.1 Å². The van der Waals surface area contributed by atoms with E-state index < -0.39 is 11.7 Å². The van der Waals surface area contributed by atoms with Gasteiger partial charge in [0.05, 0.1) is 5.02 Å². The van der Waals surface area contributed by atoms with Gasteiger partial charge in [0.2, 0.25) is 0 Å². The molecule has 1 aromatic heterocycles. The zero-order chi connectivity index (χ0) is 26.8. The van der Waals surface area contributed by atoms with E-state index in [2.05, 4.69) is 33.3 Å². The lowest BCUT2D eigenvalue weighted by Gasteiger charge is -2.27. The van der Waals surface area contributed by atoms with Crippen LogP contribution in [-0.2, 0) is 19.4 Å². The van der Waals surface area contributed by atoms with Crippen LogP contribution in [0.1, 0.15) is 27.8 Å². The van der Waals surface area contributed by atoms with Crippen molar-refractivity contribution in [1.82, 2.24) is 9.21 Å². The van der Waals surface area contributed by atoms with Gasteiger partial charge in [-0.1, -0.05) is 48.0 Å². The number of carbonyl (C=O) groups is 1. The molecule has 0 fully saturated rings. The maximum absolute atomic E-state index is 13.0. The maximum atomic E-state index is 13.0. The molecule has 0 radical (unpaired) electrons. The molecule has 1 aliphatic rings. The number of ether oxygens (including phenoxy) is 1. The summed E-state index contributed by atoms with van der Waals surface area (Å²) < 4.78 is 16.7. The summed E-state index contributed by atoms with van der Waals surface area (Å²) >= 11 is 7.99. The highest BCUT2D eigenvalue weighted by atomic mass is 35.5. The van der Waals surface area contributed by atoms with Crippen molar-refractivity contribution in [2.45, 2.75) is 26.3 Å². The highest BCUT2D eigenvalue weighted by Gasteiger charge is 2.18. The SMILES string of the molecule is Cc1c(Cc2cccc(NSN3CCc4ccccc4C3)c2)c(=O)oc2cc(OC(=O)N(C)C)c(Cl)cc12. The molecule has 0 spiro atoms. The number of amides is 1. The number of fused-ring (bicyclic) bond motifs is 2. The predicted molar refractivity (Wildman–Crippen MR) is 153 cm³/mol. The fraction of sp³-hybridized carbons (Fsp3) is 0.241. The van der Waals surface area contributed by atoms with Crippen molar-refractivity contribution in [1.29, 1.82) is 0 Å². The van der Waals surface area contributed by atoms with Gasteiger partial charge in [-0.3, -0.25) is 0 Å². The standard InChI is InChI=1S/C29H28ClN3O4S/c1-18-23-15-25(30)27(37-29(35)32(2)3)16-26(23)36-28(34)24(18)14-19-7-6-10-22(13-19)31-38-33-12-11-20-8-4-5-9-21(20)17-33/h4-10,13,15-16,31H,11-12,14,17H2,1-3H3. The largest absolute Gasteiger partial charge is 0.422 e. The second-order valence-electron chi connectivity index (χ2n) is 9.49. The van der Waals surface area contributed by atoms with Gasteiger partial charge in [-0.2, -0.15) is 0 Å². The molecule has 38 heavy (non-hydrogen) atoms. The first-order valence-corrected chi connectivity index (χ1v) is 13.4. The minimum absolute atomic E-state index is 0.140. The summed E-state index contributed by atoms with van der Waals surface area (Å²) in [5, 5.41) is 0.962. The molecular formula is C29H28ClN3O4S. The number of nitrogens with one attached hydrogen (secondary N) is 1. The van der Waals surface area contributed by atoms with Gasteiger partial charge in [0.1, 0.15) is 5.58 Å². The Bertz CT molecular complexity index is 1570. The van der Waals surface area contributed by atoms with Crippen molar-refractivity contribution in [2.75, 3.05) is 25.4 Å². The van der Waals surface area contributed by atoms with Crippen LogP contribution in [0.2, 0.25) is 5.02 Å². The molecule has 7 nitrogen and oxygen atoms in total. The van der Waals surface area contributed by atoms with Crippen LogP contribution >= 0.6 is 23.7 Å². The number of aryl methyl sites for hydroxylation is 1. The zero-order valence-corrected chi connectivity index (χ0v) is 23.0. The molecule has 9 heteroatoms. The molecule has 0 saturated heterocycles. The van der Waals surface area contributed by atoms with Crippen molar-refractivity contribution in [3.63, 3.8) is 0 Å². The number of halogens is 1. The third-order valence-electron chi connectivity index (χ3n) is 6.60. The Morgan fingerprint density at radius 3 is 2.71 bits per heavy atom. The lowest BCUT2D eigenvalue weighted by molar-refractivity contribution is 0.172. The van der Waals surface area contributed by atoms with E-state index in [9.17, 15) is 9.59 Å². The third-order valence-corrected chi connectivity index (χ3v) is 7.79. The van der Waals surface area contributed by atoms with Crippen molar-refractivity contribution < 1.29 is 13.9 Å². The fourth-order valence-electron chi connectivity index (χ4n) is 4.47. The first-order chi connectivity index (χ1) is 18.3. The molecule has 1 aliphatic heterocycles. The quantitative estimate of drug-likeness (QED) is 0.219. The normalized spacial score (nSPS) is 13.3. The molecular weight excluding hydrogens is 522 g/mol. The van der Waals surface area contributed by atoms with E-state index in [4.69, 9.17) is 20.8 Å². The molecule has 1 N–H and O–H groups in total. The Morgan fingerprint density at radius 1 is 1.13 bits per heavy atom. The minimum Gasteiger partial charge on any atom is -0.422 e. The van der Waals surface area contributed by atoms with Gasteiger partial charge < -0.3 is 18.8 Å². The molecule has 2 heterocycles. The number of carbonyl (C=O) groups excluding carboxylic acids is 1. The number of hydrogen-bond donors (Lipinski definition) is 1. The molecule has 4 aromatic rings. The van der Waals surface area contributed by atoms with E-state index in [1.807, 2.05) is 31.2 Å². The highest BCUT2D eigenvalue weighted by molar-refractivity contribution is 7.98. The van der Waals surface area contributed by atoms with Crippen LogP contribution in [0.5, 0.6) is 5.75 Å². The average molecular weight is 550 g/mol. The topological polar surface area (TPSA) is 75.0 Å². The Labute approximate surface area is 230 Å². The zero-order valence-electron chi connectivity index (χ0n) is 21.4. The van der Waals surface area contributed by atoms with Crippen molar-refractivity contribution in [3.8, 4) is 5.75 Å². The van der Waals surface area contributed by atoms with Crippen molar-refractivity contribution in [2.24, 2.45) is 0 Å². The van der Waals surface area contributed by atoms with E-state index in [1.54, 1.807) is 32.3 Å². The van der Waals surface area contributed by atoms with Crippen molar-refractivity contribution >= 4 is 46.5 Å². The molecule has 1 amide bonds. The van der Waals surface area contributed by atoms with Crippen LogP contribution in [0.25, 0.3) is 11.0 Å².